The molecule has 0 saturated heterocycles. The summed E-state index contributed by atoms with van der Waals surface area (Å²) >= 11 is 0. The van der Waals surface area contributed by atoms with Gasteiger partial charge in [-0.05, 0) is 43.2 Å². The van der Waals surface area contributed by atoms with Crippen LogP contribution in [0.1, 0.15) is 39.9 Å². The van der Waals surface area contributed by atoms with Crippen molar-refractivity contribution in [1.29, 1.82) is 5.26 Å². The van der Waals surface area contributed by atoms with E-state index in [0.717, 1.165) is 16.7 Å². The Morgan fingerprint density at radius 2 is 2.11 bits per heavy atom. The maximum absolute atomic E-state index is 12.6. The van der Waals surface area contributed by atoms with Gasteiger partial charge in [-0.2, -0.15) is 20.1 Å². The van der Waals surface area contributed by atoms with Gasteiger partial charge in [0.25, 0.3) is 11.5 Å². The van der Waals surface area contributed by atoms with Crippen molar-refractivity contribution < 1.29 is 9.21 Å². The van der Waals surface area contributed by atoms with Gasteiger partial charge in [0.2, 0.25) is 0 Å². The predicted octanol–water partition coefficient (Wildman–Crippen LogP) is 2.33. The van der Waals surface area contributed by atoms with Gasteiger partial charge < -0.3 is 4.42 Å². The molecule has 0 aliphatic carbocycles. The van der Waals surface area contributed by atoms with Crippen LogP contribution in [-0.4, -0.2) is 21.9 Å². The molecule has 1 amide bonds. The number of hydrogen-bond acceptors (Lipinski definition) is 6. The fourth-order valence-electron chi connectivity index (χ4n) is 2.57. The van der Waals surface area contributed by atoms with E-state index in [0.29, 0.717) is 11.4 Å². The van der Waals surface area contributed by atoms with Crippen LogP contribution in [0.25, 0.3) is 5.69 Å². The van der Waals surface area contributed by atoms with Gasteiger partial charge in [0, 0.05) is 5.56 Å². The number of hydrazone groups is 1. The molecule has 0 saturated carbocycles. The van der Waals surface area contributed by atoms with Crippen molar-refractivity contribution in [3.8, 4) is 11.8 Å². The average Bonchev–Trinajstić information content (AvgIpc) is 3.22. The largest absolute Gasteiger partial charge is 0.463 e. The summed E-state index contributed by atoms with van der Waals surface area (Å²) in [7, 11) is 0. The zero-order valence-corrected chi connectivity index (χ0v) is 15.3. The number of aromatic nitrogens is 2. The Kier molecular flexibility index (Phi) is 5.46. The van der Waals surface area contributed by atoms with E-state index in [1.807, 2.05) is 25.1 Å². The molecule has 0 unspecified atom stereocenters. The lowest BCUT2D eigenvalue weighted by Crippen LogP contribution is -2.31. The van der Waals surface area contributed by atoms with Gasteiger partial charge in [-0.1, -0.05) is 19.1 Å². The first-order chi connectivity index (χ1) is 13.5. The molecular weight excluding hydrogens is 358 g/mol. The minimum atomic E-state index is -0.643. The molecule has 3 aromatic rings. The van der Waals surface area contributed by atoms with Crippen LogP contribution in [-0.2, 0) is 6.42 Å². The number of hydrogen-bond donors (Lipinski definition) is 1. The number of rotatable bonds is 5. The highest BCUT2D eigenvalue weighted by Crippen LogP contribution is 2.12. The van der Waals surface area contributed by atoms with E-state index in [-0.39, 0.29) is 16.8 Å². The summed E-state index contributed by atoms with van der Waals surface area (Å²) < 4.78 is 6.14. The van der Waals surface area contributed by atoms with Gasteiger partial charge in [0.15, 0.2) is 5.69 Å². The Hall–Kier alpha value is -3.99. The molecule has 1 aromatic carbocycles. The first-order valence-corrected chi connectivity index (χ1v) is 8.55. The van der Waals surface area contributed by atoms with Crippen LogP contribution in [0.3, 0.4) is 0 Å². The third-order valence-electron chi connectivity index (χ3n) is 4.15. The van der Waals surface area contributed by atoms with Crippen LogP contribution in [0.5, 0.6) is 0 Å². The number of aryl methyl sites for hydroxylation is 1. The van der Waals surface area contributed by atoms with Crippen LogP contribution < -0.4 is 11.0 Å². The first kappa shape index (κ1) is 18.8. The van der Waals surface area contributed by atoms with Crippen molar-refractivity contribution in [3.05, 3.63) is 81.2 Å². The van der Waals surface area contributed by atoms with E-state index in [2.05, 4.69) is 15.6 Å². The summed E-state index contributed by atoms with van der Waals surface area (Å²) in [6.45, 7) is 3.52. The van der Waals surface area contributed by atoms with Gasteiger partial charge in [-0.15, -0.1) is 0 Å². The van der Waals surface area contributed by atoms with Crippen molar-refractivity contribution >= 4 is 12.1 Å². The van der Waals surface area contributed by atoms with Crippen molar-refractivity contribution in [1.82, 2.24) is 15.2 Å². The van der Waals surface area contributed by atoms with Crippen LogP contribution in [0.15, 0.2) is 57.0 Å². The summed E-state index contributed by atoms with van der Waals surface area (Å²) in [6.07, 6.45) is 3.66. The molecule has 28 heavy (non-hydrogen) atoms. The van der Waals surface area contributed by atoms with Crippen molar-refractivity contribution in [3.63, 3.8) is 0 Å². The van der Waals surface area contributed by atoms with E-state index >= 15 is 0 Å². The Balaban J connectivity index is 1.99. The van der Waals surface area contributed by atoms with Crippen LogP contribution in [0, 0.1) is 18.3 Å². The maximum atomic E-state index is 12.6. The highest BCUT2D eigenvalue weighted by molar-refractivity contribution is 5.94. The van der Waals surface area contributed by atoms with E-state index in [1.54, 1.807) is 24.3 Å². The smallest absolute Gasteiger partial charge is 0.292 e. The second-order valence-electron chi connectivity index (χ2n) is 5.91. The molecule has 8 heteroatoms. The molecule has 0 bridgehead atoms. The highest BCUT2D eigenvalue weighted by Gasteiger charge is 2.20. The standard InChI is InChI=1S/C20H17N5O3/c1-3-14-6-8-15(9-7-14)25-20(27)17(11-21)13(2)18(24-25)19(26)23-22-12-16-5-4-10-28-16/h4-10,12H,3H2,1-2H3,(H,23,26)/b22-12+. The third kappa shape index (κ3) is 3.73. The summed E-state index contributed by atoms with van der Waals surface area (Å²) in [5, 5.41) is 17.4. The monoisotopic (exact) mass is 375 g/mol. The maximum Gasteiger partial charge on any atom is 0.292 e. The molecule has 1 N–H and O–H groups in total. The number of benzene rings is 1. The highest BCUT2D eigenvalue weighted by atomic mass is 16.3. The van der Waals surface area contributed by atoms with Crippen LogP contribution in [0.4, 0.5) is 0 Å². The number of nitriles is 1. The lowest BCUT2D eigenvalue weighted by Gasteiger charge is -2.11. The Labute approximate surface area is 160 Å². The molecule has 0 atom stereocenters. The molecule has 8 nitrogen and oxygen atoms in total. The van der Waals surface area contributed by atoms with Crippen molar-refractivity contribution in [2.45, 2.75) is 20.3 Å². The second-order valence-corrected chi connectivity index (χ2v) is 5.91. The fourth-order valence-corrected chi connectivity index (χ4v) is 2.57. The van der Waals surface area contributed by atoms with Gasteiger partial charge in [0.1, 0.15) is 17.4 Å². The summed E-state index contributed by atoms with van der Waals surface area (Å²) in [5.74, 6) is -0.181. The summed E-state index contributed by atoms with van der Waals surface area (Å²) in [4.78, 5) is 25.1. The second kappa shape index (κ2) is 8.14. The Morgan fingerprint density at radius 1 is 1.36 bits per heavy atom. The molecule has 3 rings (SSSR count). The molecule has 0 spiro atoms. The molecule has 0 radical (unpaired) electrons. The SMILES string of the molecule is CCc1ccc(-n2nc(C(=O)N/N=C/c3ccco3)c(C)c(C#N)c2=O)cc1. The molecule has 2 heterocycles. The van der Waals surface area contributed by atoms with E-state index in [1.165, 1.54) is 19.4 Å². The minimum absolute atomic E-state index is 0.0627. The number of carbonyl (C=O) groups excluding carboxylic acids is 1. The molecule has 0 aliphatic heterocycles. The van der Waals surface area contributed by atoms with E-state index in [4.69, 9.17) is 4.42 Å². The van der Waals surface area contributed by atoms with Gasteiger partial charge in [-0.25, -0.2) is 5.43 Å². The van der Waals surface area contributed by atoms with Crippen molar-refractivity contribution in [2.24, 2.45) is 5.10 Å². The Bertz CT molecular complexity index is 1120. The summed E-state index contributed by atoms with van der Waals surface area (Å²) in [6, 6.07) is 12.4. The van der Waals surface area contributed by atoms with Gasteiger partial charge >= 0.3 is 0 Å². The Morgan fingerprint density at radius 3 is 2.71 bits per heavy atom. The topological polar surface area (TPSA) is 113 Å². The first-order valence-electron chi connectivity index (χ1n) is 8.55. The van der Waals surface area contributed by atoms with Crippen LogP contribution >= 0.6 is 0 Å². The lowest BCUT2D eigenvalue weighted by molar-refractivity contribution is 0.0947. The van der Waals surface area contributed by atoms with Gasteiger partial charge in [-0.3, -0.25) is 9.59 Å². The molecule has 140 valence electrons. The molecule has 0 fully saturated rings. The third-order valence-corrected chi connectivity index (χ3v) is 4.15. The predicted molar refractivity (Wildman–Crippen MR) is 102 cm³/mol. The molecule has 0 aliphatic rings. The number of furan rings is 1. The number of nitrogens with zero attached hydrogens (tertiary/aromatic N) is 4. The van der Waals surface area contributed by atoms with Crippen LogP contribution in [0.2, 0.25) is 0 Å². The quantitative estimate of drug-likeness (QED) is 0.543. The normalized spacial score (nSPS) is 10.8. The van der Waals surface area contributed by atoms with E-state index in [9.17, 15) is 14.9 Å². The van der Waals surface area contributed by atoms with Crippen molar-refractivity contribution in [2.75, 3.05) is 0 Å². The number of nitrogens with one attached hydrogen (secondary N) is 1. The average molecular weight is 375 g/mol. The van der Waals surface area contributed by atoms with Gasteiger partial charge in [0.05, 0.1) is 18.2 Å². The molecular formula is C20H17N5O3. The zero-order valence-electron chi connectivity index (χ0n) is 15.3. The zero-order chi connectivity index (χ0) is 20.1. The number of amides is 1. The fraction of sp³-hybridized carbons (Fsp3) is 0.150. The molecule has 2 aromatic heterocycles. The van der Waals surface area contributed by atoms with E-state index < -0.39 is 11.5 Å². The number of carbonyl (C=O) groups is 1. The summed E-state index contributed by atoms with van der Waals surface area (Å²) in [5.41, 5.74) is 3.29. The minimum Gasteiger partial charge on any atom is -0.463 e. The lowest BCUT2D eigenvalue weighted by atomic mass is 10.1.